The van der Waals surface area contributed by atoms with E-state index in [1.807, 2.05) is 17.5 Å². The molecule has 2 aliphatic heterocycles. The number of benzene rings is 1. The Balaban J connectivity index is 1.51. The Kier molecular flexibility index (Phi) is 5.76. The second kappa shape index (κ2) is 9.07. The first-order valence-electron chi connectivity index (χ1n) is 12.9. The third-order valence-corrected chi connectivity index (χ3v) is 7.33. The van der Waals surface area contributed by atoms with Gasteiger partial charge >= 0.3 is 0 Å². The molecule has 0 bridgehead atoms. The van der Waals surface area contributed by atoms with E-state index >= 15 is 0 Å². The average Bonchev–Trinajstić information content (AvgIpc) is 3.55. The van der Waals surface area contributed by atoms with Gasteiger partial charge in [-0.25, -0.2) is 15.0 Å². The molecule has 0 unspecified atom stereocenters. The monoisotopic (exact) mass is 471 g/mol. The van der Waals surface area contributed by atoms with Crippen LogP contribution in [0, 0.1) is 13.8 Å². The summed E-state index contributed by atoms with van der Waals surface area (Å²) in [6.07, 6.45) is 4.49. The van der Waals surface area contributed by atoms with Crippen molar-refractivity contribution in [1.82, 2.24) is 24.6 Å². The van der Waals surface area contributed by atoms with Gasteiger partial charge < -0.3 is 14.5 Å². The second-order valence-corrected chi connectivity index (χ2v) is 9.75. The van der Waals surface area contributed by atoms with E-state index in [0.717, 1.165) is 91.1 Å². The van der Waals surface area contributed by atoms with Crippen molar-refractivity contribution in [2.75, 3.05) is 42.6 Å². The van der Waals surface area contributed by atoms with Crippen LogP contribution < -0.4 is 9.80 Å². The van der Waals surface area contributed by atoms with Gasteiger partial charge in [-0.15, -0.1) is 0 Å². The molecule has 0 saturated carbocycles. The van der Waals surface area contributed by atoms with Gasteiger partial charge in [-0.3, -0.25) is 0 Å². The second-order valence-electron chi connectivity index (χ2n) is 9.75. The van der Waals surface area contributed by atoms with Gasteiger partial charge in [0.25, 0.3) is 0 Å². The zero-order valence-corrected chi connectivity index (χ0v) is 20.9. The van der Waals surface area contributed by atoms with Crippen LogP contribution in [0.2, 0.25) is 0 Å². The van der Waals surface area contributed by atoms with Gasteiger partial charge in [0.15, 0.2) is 5.65 Å². The minimum absolute atomic E-state index is 0.434. The molecule has 2 fully saturated rings. The normalized spacial score (nSPS) is 17.1. The van der Waals surface area contributed by atoms with E-state index in [1.54, 1.807) is 0 Å². The molecule has 8 nitrogen and oxygen atoms in total. The lowest BCUT2D eigenvalue weighted by Crippen LogP contribution is -2.40. The SMILES string of the molecule is CCN(c1cc(N2CCCC2)nc2cc(-c3nc4cc(C)ccc4nc3C)nn12)C1CCOCC1. The van der Waals surface area contributed by atoms with Crippen LogP contribution in [0.1, 0.15) is 43.9 Å². The first-order chi connectivity index (χ1) is 17.1. The van der Waals surface area contributed by atoms with E-state index in [2.05, 4.69) is 47.9 Å². The molecule has 35 heavy (non-hydrogen) atoms. The Morgan fingerprint density at radius 3 is 2.54 bits per heavy atom. The molecule has 0 spiro atoms. The van der Waals surface area contributed by atoms with Gasteiger partial charge in [-0.05, 0) is 64.2 Å². The van der Waals surface area contributed by atoms with Crippen LogP contribution >= 0.6 is 0 Å². The quantitative estimate of drug-likeness (QED) is 0.422. The van der Waals surface area contributed by atoms with Crippen LogP contribution in [0.5, 0.6) is 0 Å². The minimum Gasteiger partial charge on any atom is -0.381 e. The molecular weight excluding hydrogens is 438 g/mol. The number of nitrogens with zero attached hydrogens (tertiary/aromatic N) is 7. The first kappa shape index (κ1) is 22.2. The van der Waals surface area contributed by atoms with Crippen molar-refractivity contribution in [3.63, 3.8) is 0 Å². The molecule has 6 rings (SSSR count). The van der Waals surface area contributed by atoms with Crippen molar-refractivity contribution in [2.24, 2.45) is 0 Å². The van der Waals surface area contributed by atoms with Gasteiger partial charge in [0.1, 0.15) is 23.0 Å². The summed E-state index contributed by atoms with van der Waals surface area (Å²) in [5.41, 5.74) is 6.34. The highest BCUT2D eigenvalue weighted by molar-refractivity contribution is 5.79. The van der Waals surface area contributed by atoms with Crippen molar-refractivity contribution in [2.45, 2.75) is 52.5 Å². The van der Waals surface area contributed by atoms with Crippen molar-refractivity contribution in [3.05, 3.63) is 41.6 Å². The summed E-state index contributed by atoms with van der Waals surface area (Å²) in [5, 5.41) is 5.06. The Morgan fingerprint density at radius 1 is 0.971 bits per heavy atom. The molecule has 5 heterocycles. The molecule has 0 N–H and O–H groups in total. The third kappa shape index (κ3) is 4.10. The largest absolute Gasteiger partial charge is 0.381 e. The van der Waals surface area contributed by atoms with E-state index in [9.17, 15) is 0 Å². The number of fused-ring (bicyclic) bond motifs is 2. The molecule has 0 atom stereocenters. The summed E-state index contributed by atoms with van der Waals surface area (Å²) in [5.74, 6) is 2.14. The van der Waals surface area contributed by atoms with Crippen molar-refractivity contribution in [1.29, 1.82) is 0 Å². The molecular formula is C27H33N7O. The molecule has 2 saturated heterocycles. The summed E-state index contributed by atoms with van der Waals surface area (Å²) >= 11 is 0. The highest BCUT2D eigenvalue weighted by Gasteiger charge is 2.26. The number of hydrogen-bond donors (Lipinski definition) is 0. The van der Waals surface area contributed by atoms with E-state index in [-0.39, 0.29) is 0 Å². The van der Waals surface area contributed by atoms with Crippen LogP contribution in [-0.4, -0.2) is 63.5 Å². The fraction of sp³-hybridized carbons (Fsp3) is 0.481. The maximum Gasteiger partial charge on any atom is 0.160 e. The molecule has 0 aliphatic carbocycles. The summed E-state index contributed by atoms with van der Waals surface area (Å²) < 4.78 is 7.67. The number of anilines is 2. The van der Waals surface area contributed by atoms with Gasteiger partial charge in [0.05, 0.1) is 16.7 Å². The molecule has 2 aliphatic rings. The fourth-order valence-corrected chi connectivity index (χ4v) is 5.47. The fourth-order valence-electron chi connectivity index (χ4n) is 5.47. The summed E-state index contributed by atoms with van der Waals surface area (Å²) in [6.45, 7) is 11.0. The Morgan fingerprint density at radius 2 is 1.77 bits per heavy atom. The summed E-state index contributed by atoms with van der Waals surface area (Å²) in [4.78, 5) is 19.7. The first-order valence-corrected chi connectivity index (χ1v) is 12.9. The molecule has 8 heteroatoms. The van der Waals surface area contributed by atoms with E-state index < -0.39 is 0 Å². The van der Waals surface area contributed by atoms with Crippen molar-refractivity contribution < 1.29 is 4.74 Å². The average molecular weight is 472 g/mol. The molecule has 0 radical (unpaired) electrons. The Hall–Kier alpha value is -3.26. The third-order valence-electron chi connectivity index (χ3n) is 7.33. The number of rotatable bonds is 5. The van der Waals surface area contributed by atoms with Crippen molar-refractivity contribution in [3.8, 4) is 11.4 Å². The van der Waals surface area contributed by atoms with Gasteiger partial charge in [-0.2, -0.15) is 9.61 Å². The van der Waals surface area contributed by atoms with E-state index in [4.69, 9.17) is 24.8 Å². The lowest BCUT2D eigenvalue weighted by molar-refractivity contribution is 0.0844. The standard InChI is InChI=1S/C27H33N7O/c1-4-33(20-9-13-35-14-10-20)26-17-24(32-11-5-6-12-32)30-25-16-23(31-34(25)26)27-19(3)28-21-8-7-18(2)15-22(21)29-27/h7-8,15-17,20H,4-6,9-14H2,1-3H3. The van der Waals surface area contributed by atoms with Gasteiger partial charge in [0.2, 0.25) is 0 Å². The number of aryl methyl sites for hydroxylation is 2. The van der Waals surface area contributed by atoms with Crippen LogP contribution in [0.25, 0.3) is 28.1 Å². The predicted octanol–water partition coefficient (Wildman–Crippen LogP) is 4.56. The number of ether oxygens (including phenoxy) is 1. The smallest absolute Gasteiger partial charge is 0.160 e. The molecule has 182 valence electrons. The van der Waals surface area contributed by atoms with Crippen LogP contribution in [0.3, 0.4) is 0 Å². The lowest BCUT2D eigenvalue weighted by atomic mass is 10.1. The zero-order valence-electron chi connectivity index (χ0n) is 20.9. The molecule has 4 aromatic rings. The molecule has 1 aromatic carbocycles. The topological polar surface area (TPSA) is 71.7 Å². The number of hydrogen-bond acceptors (Lipinski definition) is 7. The predicted molar refractivity (Wildman–Crippen MR) is 139 cm³/mol. The highest BCUT2D eigenvalue weighted by Crippen LogP contribution is 2.31. The van der Waals surface area contributed by atoms with Crippen LogP contribution in [-0.2, 0) is 4.74 Å². The van der Waals surface area contributed by atoms with Crippen LogP contribution in [0.15, 0.2) is 30.3 Å². The summed E-state index contributed by atoms with van der Waals surface area (Å²) in [6, 6.07) is 10.9. The highest BCUT2D eigenvalue weighted by atomic mass is 16.5. The molecule has 3 aromatic heterocycles. The van der Waals surface area contributed by atoms with E-state index in [1.165, 1.54) is 18.4 Å². The van der Waals surface area contributed by atoms with Gasteiger partial charge in [-0.1, -0.05) is 6.07 Å². The molecule has 0 amide bonds. The lowest BCUT2D eigenvalue weighted by Gasteiger charge is -2.35. The van der Waals surface area contributed by atoms with E-state index in [0.29, 0.717) is 6.04 Å². The maximum atomic E-state index is 5.66. The van der Waals surface area contributed by atoms with Gasteiger partial charge in [0, 0.05) is 51.0 Å². The minimum atomic E-state index is 0.434. The van der Waals surface area contributed by atoms with Crippen molar-refractivity contribution >= 4 is 28.3 Å². The Labute approximate surface area is 206 Å². The Bertz CT molecular complexity index is 1370. The zero-order chi connectivity index (χ0) is 23.9. The van der Waals surface area contributed by atoms with Crippen LogP contribution in [0.4, 0.5) is 11.6 Å². The maximum absolute atomic E-state index is 5.66. The number of aromatic nitrogens is 5. The summed E-state index contributed by atoms with van der Waals surface area (Å²) in [7, 11) is 0.